The standard InChI is InChI=1S/C25H21ClFN3O6/c1-14(29-30-24(32)23(31)28-16-9-10-19(27)18(26)13-16)15-8-11-21(22(12-15)35-3)36-25(33)17-6-4-5-7-20(17)34-2/h4-13H,1-3H3,(H,28,31)(H,30,32)/b29-14+. The minimum Gasteiger partial charge on any atom is -0.496 e. The van der Waals surface area contributed by atoms with Gasteiger partial charge in [0.1, 0.15) is 17.1 Å². The molecule has 0 unspecified atom stereocenters. The van der Waals surface area contributed by atoms with Gasteiger partial charge in [0.15, 0.2) is 11.5 Å². The number of para-hydroxylation sites is 1. The second kappa shape index (κ2) is 11.8. The van der Waals surface area contributed by atoms with Crippen LogP contribution < -0.4 is 25.0 Å². The molecule has 2 N–H and O–H groups in total. The van der Waals surface area contributed by atoms with E-state index in [1.165, 1.54) is 32.4 Å². The molecule has 3 aromatic carbocycles. The van der Waals surface area contributed by atoms with Crippen LogP contribution in [0, 0.1) is 5.82 Å². The number of nitrogens with one attached hydrogen (secondary N) is 2. The number of hydrogen-bond acceptors (Lipinski definition) is 7. The maximum absolute atomic E-state index is 13.2. The minimum atomic E-state index is -1.05. The molecule has 2 amide bonds. The predicted octanol–water partition coefficient (Wildman–Crippen LogP) is 4.19. The van der Waals surface area contributed by atoms with Gasteiger partial charge in [-0.2, -0.15) is 5.10 Å². The summed E-state index contributed by atoms with van der Waals surface area (Å²) in [5, 5.41) is 6.00. The number of carbonyl (C=O) groups is 3. The molecule has 0 spiro atoms. The van der Waals surface area contributed by atoms with E-state index >= 15 is 0 Å². The second-order valence-corrected chi connectivity index (χ2v) is 7.58. The van der Waals surface area contributed by atoms with Gasteiger partial charge in [-0.15, -0.1) is 0 Å². The molecule has 36 heavy (non-hydrogen) atoms. The van der Waals surface area contributed by atoms with Crippen molar-refractivity contribution in [2.45, 2.75) is 6.92 Å². The zero-order valence-corrected chi connectivity index (χ0v) is 20.2. The highest BCUT2D eigenvalue weighted by atomic mass is 35.5. The van der Waals surface area contributed by atoms with Crippen LogP contribution in [0.1, 0.15) is 22.8 Å². The summed E-state index contributed by atoms with van der Waals surface area (Å²) < 4.78 is 29.2. The number of esters is 1. The number of amides is 2. The first-order valence-corrected chi connectivity index (χ1v) is 10.8. The maximum atomic E-state index is 13.2. The molecule has 0 atom stereocenters. The number of ether oxygens (including phenoxy) is 3. The van der Waals surface area contributed by atoms with Crippen LogP contribution in [0.5, 0.6) is 17.2 Å². The summed E-state index contributed by atoms with van der Waals surface area (Å²) in [5.41, 5.74) is 3.38. The summed E-state index contributed by atoms with van der Waals surface area (Å²) in [4.78, 5) is 36.7. The number of halogens is 2. The van der Waals surface area contributed by atoms with Crippen molar-refractivity contribution in [1.29, 1.82) is 0 Å². The molecule has 0 heterocycles. The fourth-order valence-electron chi connectivity index (χ4n) is 2.96. The summed E-state index contributed by atoms with van der Waals surface area (Å²) in [6.45, 7) is 1.59. The summed E-state index contributed by atoms with van der Waals surface area (Å²) >= 11 is 5.66. The quantitative estimate of drug-likeness (QED) is 0.161. The normalized spacial score (nSPS) is 10.9. The van der Waals surface area contributed by atoms with E-state index in [9.17, 15) is 18.8 Å². The molecule has 0 aliphatic rings. The molecule has 9 nitrogen and oxygen atoms in total. The third-order valence-electron chi connectivity index (χ3n) is 4.82. The number of hydrogen-bond donors (Lipinski definition) is 2. The Bertz CT molecular complexity index is 1350. The van der Waals surface area contributed by atoms with Crippen LogP contribution in [-0.2, 0) is 9.59 Å². The fourth-order valence-corrected chi connectivity index (χ4v) is 3.14. The third-order valence-corrected chi connectivity index (χ3v) is 5.11. The van der Waals surface area contributed by atoms with E-state index < -0.39 is 23.6 Å². The van der Waals surface area contributed by atoms with Gasteiger partial charge in [0, 0.05) is 11.3 Å². The van der Waals surface area contributed by atoms with Crippen LogP contribution in [0.4, 0.5) is 10.1 Å². The molecule has 3 aromatic rings. The van der Waals surface area contributed by atoms with Crippen LogP contribution in [0.3, 0.4) is 0 Å². The van der Waals surface area contributed by atoms with Crippen LogP contribution in [-0.4, -0.2) is 37.7 Å². The molecule has 0 aromatic heterocycles. The summed E-state index contributed by atoms with van der Waals surface area (Å²) in [7, 11) is 2.85. The van der Waals surface area contributed by atoms with Crippen molar-refractivity contribution in [2.24, 2.45) is 5.10 Å². The van der Waals surface area contributed by atoms with E-state index in [1.54, 1.807) is 43.3 Å². The monoisotopic (exact) mass is 513 g/mol. The fraction of sp³-hybridized carbons (Fsp3) is 0.120. The molecule has 11 heteroatoms. The third kappa shape index (κ3) is 6.36. The number of anilines is 1. The van der Waals surface area contributed by atoms with E-state index in [2.05, 4.69) is 15.8 Å². The predicted molar refractivity (Wildman–Crippen MR) is 131 cm³/mol. The second-order valence-electron chi connectivity index (χ2n) is 7.18. The van der Waals surface area contributed by atoms with Gasteiger partial charge < -0.3 is 19.5 Å². The lowest BCUT2D eigenvalue weighted by Crippen LogP contribution is -2.33. The van der Waals surface area contributed by atoms with Gasteiger partial charge in [-0.3, -0.25) is 9.59 Å². The SMILES string of the molecule is COc1cc(/C(C)=N/NC(=O)C(=O)Nc2ccc(F)c(Cl)c2)ccc1OC(=O)c1ccccc1OC. The van der Waals surface area contributed by atoms with Crippen molar-refractivity contribution < 1.29 is 33.0 Å². The highest BCUT2D eigenvalue weighted by Crippen LogP contribution is 2.30. The van der Waals surface area contributed by atoms with E-state index in [-0.39, 0.29) is 27.8 Å². The Labute approximate surface area is 210 Å². The summed E-state index contributed by atoms with van der Waals surface area (Å²) in [6, 6.07) is 14.8. The van der Waals surface area contributed by atoms with E-state index in [4.69, 9.17) is 25.8 Å². The zero-order chi connectivity index (χ0) is 26.2. The number of nitrogens with zero attached hydrogens (tertiary/aromatic N) is 1. The lowest BCUT2D eigenvalue weighted by molar-refractivity contribution is -0.136. The number of carbonyl (C=O) groups excluding carboxylic acids is 3. The summed E-state index contributed by atoms with van der Waals surface area (Å²) in [5.74, 6) is -2.60. The number of benzene rings is 3. The Kier molecular flexibility index (Phi) is 8.58. The molecule has 0 fully saturated rings. The Morgan fingerprint density at radius 1 is 0.889 bits per heavy atom. The first-order valence-electron chi connectivity index (χ1n) is 10.4. The van der Waals surface area contributed by atoms with Gasteiger partial charge in [-0.1, -0.05) is 23.7 Å². The van der Waals surface area contributed by atoms with Gasteiger partial charge in [-0.05, 0) is 55.5 Å². The zero-order valence-electron chi connectivity index (χ0n) is 19.4. The van der Waals surface area contributed by atoms with Gasteiger partial charge in [0.05, 0.1) is 25.0 Å². The topological polar surface area (TPSA) is 115 Å². The van der Waals surface area contributed by atoms with Crippen molar-refractivity contribution in [3.63, 3.8) is 0 Å². The van der Waals surface area contributed by atoms with Crippen LogP contribution in [0.25, 0.3) is 0 Å². The van der Waals surface area contributed by atoms with Gasteiger partial charge in [0.25, 0.3) is 0 Å². The van der Waals surface area contributed by atoms with Crippen LogP contribution in [0.2, 0.25) is 5.02 Å². The van der Waals surface area contributed by atoms with Crippen molar-refractivity contribution in [2.75, 3.05) is 19.5 Å². The highest BCUT2D eigenvalue weighted by Gasteiger charge is 2.18. The molecule has 0 aliphatic heterocycles. The van der Waals surface area contributed by atoms with Crippen molar-refractivity contribution >= 4 is 40.8 Å². The molecule has 186 valence electrons. The lowest BCUT2D eigenvalue weighted by atomic mass is 10.1. The average molecular weight is 514 g/mol. The molecule has 0 saturated heterocycles. The lowest BCUT2D eigenvalue weighted by Gasteiger charge is -2.12. The van der Waals surface area contributed by atoms with E-state index in [0.717, 1.165) is 6.07 Å². The molecule has 0 radical (unpaired) electrons. The molecular formula is C25H21ClFN3O6. The van der Waals surface area contributed by atoms with Gasteiger partial charge >= 0.3 is 17.8 Å². The first kappa shape index (κ1) is 26.2. The molecule has 0 bridgehead atoms. The number of rotatable bonds is 7. The first-order chi connectivity index (χ1) is 17.2. The average Bonchev–Trinajstić information content (AvgIpc) is 2.89. The molecule has 3 rings (SSSR count). The largest absolute Gasteiger partial charge is 0.496 e. The Morgan fingerprint density at radius 3 is 2.31 bits per heavy atom. The van der Waals surface area contributed by atoms with Crippen molar-refractivity contribution in [1.82, 2.24) is 5.43 Å². The Balaban J connectivity index is 1.68. The van der Waals surface area contributed by atoms with Crippen LogP contribution in [0.15, 0.2) is 65.8 Å². The Morgan fingerprint density at radius 2 is 1.61 bits per heavy atom. The Hall–Kier alpha value is -4.44. The van der Waals surface area contributed by atoms with Crippen molar-refractivity contribution in [3.05, 3.63) is 82.6 Å². The smallest absolute Gasteiger partial charge is 0.347 e. The number of hydrazone groups is 1. The highest BCUT2D eigenvalue weighted by molar-refractivity contribution is 6.40. The van der Waals surface area contributed by atoms with Crippen LogP contribution >= 0.6 is 11.6 Å². The minimum absolute atomic E-state index is 0.144. The van der Waals surface area contributed by atoms with Gasteiger partial charge in [-0.25, -0.2) is 14.6 Å². The van der Waals surface area contributed by atoms with Gasteiger partial charge in [0.2, 0.25) is 0 Å². The molecule has 0 saturated carbocycles. The van der Waals surface area contributed by atoms with Crippen molar-refractivity contribution in [3.8, 4) is 17.2 Å². The number of methoxy groups -OCH3 is 2. The molecule has 0 aliphatic carbocycles. The van der Waals surface area contributed by atoms with E-state index in [0.29, 0.717) is 17.0 Å². The van der Waals surface area contributed by atoms with E-state index in [1.807, 2.05) is 0 Å². The maximum Gasteiger partial charge on any atom is 0.347 e. The molecular weight excluding hydrogens is 493 g/mol. The summed E-state index contributed by atoms with van der Waals surface area (Å²) in [6.07, 6.45) is 0.